The lowest BCUT2D eigenvalue weighted by atomic mass is 10.1. The predicted octanol–water partition coefficient (Wildman–Crippen LogP) is 3.20. The first-order valence-electron chi connectivity index (χ1n) is 7.20. The molecule has 3 heteroatoms. The molecular formula is C17H22N2O. The van der Waals surface area contributed by atoms with Crippen LogP contribution in [-0.2, 0) is 13.0 Å². The molecule has 0 unspecified atom stereocenters. The van der Waals surface area contributed by atoms with Crippen molar-refractivity contribution < 1.29 is 4.74 Å². The van der Waals surface area contributed by atoms with E-state index >= 15 is 0 Å². The SMILES string of the molecule is CCCNCCc1ccc(COc2cccnc2)cc1. The fourth-order valence-corrected chi connectivity index (χ4v) is 1.94. The minimum atomic E-state index is 0.583. The van der Waals surface area contributed by atoms with Gasteiger partial charge in [-0.05, 0) is 49.2 Å². The lowest BCUT2D eigenvalue weighted by Gasteiger charge is -2.07. The number of rotatable bonds is 8. The number of hydrogen-bond acceptors (Lipinski definition) is 3. The van der Waals surface area contributed by atoms with Gasteiger partial charge in [-0.25, -0.2) is 0 Å². The first kappa shape index (κ1) is 14.5. The van der Waals surface area contributed by atoms with Crippen molar-refractivity contribution in [3.63, 3.8) is 0 Å². The van der Waals surface area contributed by atoms with E-state index in [0.29, 0.717) is 6.61 Å². The Morgan fingerprint density at radius 1 is 1.05 bits per heavy atom. The van der Waals surface area contributed by atoms with Crippen molar-refractivity contribution in [1.29, 1.82) is 0 Å². The molecule has 2 aromatic rings. The van der Waals surface area contributed by atoms with Crippen molar-refractivity contribution in [3.05, 3.63) is 59.9 Å². The van der Waals surface area contributed by atoms with Crippen LogP contribution in [0.4, 0.5) is 0 Å². The molecule has 0 saturated heterocycles. The van der Waals surface area contributed by atoms with E-state index in [2.05, 4.69) is 41.5 Å². The number of nitrogens with zero attached hydrogens (tertiary/aromatic N) is 1. The topological polar surface area (TPSA) is 34.1 Å². The fraction of sp³-hybridized carbons (Fsp3) is 0.353. The lowest BCUT2D eigenvalue weighted by molar-refractivity contribution is 0.305. The molecule has 1 heterocycles. The third-order valence-electron chi connectivity index (χ3n) is 3.08. The van der Waals surface area contributed by atoms with E-state index in [9.17, 15) is 0 Å². The molecule has 1 aromatic carbocycles. The second-order valence-corrected chi connectivity index (χ2v) is 4.79. The van der Waals surface area contributed by atoms with Crippen LogP contribution in [0.5, 0.6) is 5.75 Å². The molecular weight excluding hydrogens is 248 g/mol. The highest BCUT2D eigenvalue weighted by atomic mass is 16.5. The van der Waals surface area contributed by atoms with E-state index in [1.54, 1.807) is 12.4 Å². The maximum absolute atomic E-state index is 5.67. The zero-order valence-electron chi connectivity index (χ0n) is 12.0. The number of benzene rings is 1. The summed E-state index contributed by atoms with van der Waals surface area (Å²) in [4.78, 5) is 4.03. The summed E-state index contributed by atoms with van der Waals surface area (Å²) in [6.45, 7) is 4.90. The van der Waals surface area contributed by atoms with Crippen LogP contribution < -0.4 is 10.1 Å². The fourth-order valence-electron chi connectivity index (χ4n) is 1.94. The van der Waals surface area contributed by atoms with Gasteiger partial charge in [0.25, 0.3) is 0 Å². The third-order valence-corrected chi connectivity index (χ3v) is 3.08. The minimum Gasteiger partial charge on any atom is -0.487 e. The second-order valence-electron chi connectivity index (χ2n) is 4.79. The monoisotopic (exact) mass is 270 g/mol. The molecule has 0 saturated carbocycles. The van der Waals surface area contributed by atoms with Gasteiger partial charge in [-0.1, -0.05) is 31.2 Å². The molecule has 0 aliphatic carbocycles. The third kappa shape index (κ3) is 5.02. The van der Waals surface area contributed by atoms with E-state index < -0.39 is 0 Å². The van der Waals surface area contributed by atoms with Gasteiger partial charge in [0.1, 0.15) is 12.4 Å². The Balaban J connectivity index is 1.76. The average Bonchev–Trinajstić information content (AvgIpc) is 2.52. The van der Waals surface area contributed by atoms with Gasteiger partial charge in [0.15, 0.2) is 0 Å². The van der Waals surface area contributed by atoms with Gasteiger partial charge in [-0.2, -0.15) is 0 Å². The summed E-state index contributed by atoms with van der Waals surface area (Å²) in [5.41, 5.74) is 2.54. The normalized spacial score (nSPS) is 10.4. The van der Waals surface area contributed by atoms with Gasteiger partial charge in [0.2, 0.25) is 0 Å². The number of hydrogen-bond donors (Lipinski definition) is 1. The van der Waals surface area contributed by atoms with Crippen molar-refractivity contribution in [2.24, 2.45) is 0 Å². The Hall–Kier alpha value is -1.87. The maximum Gasteiger partial charge on any atom is 0.138 e. The second kappa shape index (κ2) is 8.33. The van der Waals surface area contributed by atoms with Crippen LogP contribution in [0.3, 0.4) is 0 Å². The van der Waals surface area contributed by atoms with Crippen LogP contribution in [0.25, 0.3) is 0 Å². The molecule has 20 heavy (non-hydrogen) atoms. The summed E-state index contributed by atoms with van der Waals surface area (Å²) in [6.07, 6.45) is 5.73. The predicted molar refractivity (Wildman–Crippen MR) is 81.9 cm³/mol. The average molecular weight is 270 g/mol. The van der Waals surface area contributed by atoms with E-state index in [4.69, 9.17) is 4.74 Å². The van der Waals surface area contributed by atoms with Gasteiger partial charge < -0.3 is 10.1 Å². The summed E-state index contributed by atoms with van der Waals surface area (Å²) in [6, 6.07) is 12.4. The Labute approximate surface area is 121 Å². The van der Waals surface area contributed by atoms with Crippen LogP contribution in [0.2, 0.25) is 0 Å². The highest BCUT2D eigenvalue weighted by molar-refractivity contribution is 5.23. The molecule has 0 aliphatic rings. The molecule has 1 N–H and O–H groups in total. The number of ether oxygens (including phenoxy) is 1. The zero-order chi connectivity index (χ0) is 14.0. The quantitative estimate of drug-likeness (QED) is 0.748. The number of aromatic nitrogens is 1. The number of pyridine rings is 1. The Morgan fingerprint density at radius 2 is 1.85 bits per heavy atom. The van der Waals surface area contributed by atoms with Gasteiger partial charge in [-0.15, -0.1) is 0 Å². The van der Waals surface area contributed by atoms with Crippen LogP contribution in [0.15, 0.2) is 48.8 Å². The first-order chi connectivity index (χ1) is 9.88. The summed E-state index contributed by atoms with van der Waals surface area (Å²) >= 11 is 0. The Kier molecular flexibility index (Phi) is 6.06. The van der Waals surface area contributed by atoms with Crippen LogP contribution in [0.1, 0.15) is 24.5 Å². The van der Waals surface area contributed by atoms with Crippen molar-refractivity contribution in [2.75, 3.05) is 13.1 Å². The molecule has 0 atom stereocenters. The van der Waals surface area contributed by atoms with Gasteiger partial charge >= 0.3 is 0 Å². The lowest BCUT2D eigenvalue weighted by Crippen LogP contribution is -2.17. The molecule has 1 aromatic heterocycles. The van der Waals surface area contributed by atoms with Crippen LogP contribution in [0, 0.1) is 0 Å². The first-order valence-corrected chi connectivity index (χ1v) is 7.20. The minimum absolute atomic E-state index is 0.583. The van der Waals surface area contributed by atoms with E-state index in [1.165, 1.54) is 17.5 Å². The molecule has 0 radical (unpaired) electrons. The van der Waals surface area contributed by atoms with Crippen molar-refractivity contribution in [1.82, 2.24) is 10.3 Å². The maximum atomic E-state index is 5.67. The van der Waals surface area contributed by atoms with Crippen molar-refractivity contribution >= 4 is 0 Å². The molecule has 0 bridgehead atoms. The highest BCUT2D eigenvalue weighted by Gasteiger charge is 1.97. The van der Waals surface area contributed by atoms with Gasteiger partial charge in [0, 0.05) is 6.20 Å². The molecule has 3 nitrogen and oxygen atoms in total. The number of nitrogens with one attached hydrogen (secondary N) is 1. The molecule has 0 amide bonds. The van der Waals surface area contributed by atoms with Gasteiger partial charge in [0.05, 0.1) is 6.20 Å². The molecule has 2 rings (SSSR count). The molecule has 0 fully saturated rings. The molecule has 0 spiro atoms. The Bertz CT molecular complexity index is 482. The van der Waals surface area contributed by atoms with Crippen molar-refractivity contribution in [3.8, 4) is 5.75 Å². The van der Waals surface area contributed by atoms with Crippen LogP contribution >= 0.6 is 0 Å². The van der Waals surface area contributed by atoms with E-state index in [-0.39, 0.29) is 0 Å². The largest absolute Gasteiger partial charge is 0.487 e. The summed E-state index contributed by atoms with van der Waals surface area (Å²) in [5.74, 6) is 0.806. The van der Waals surface area contributed by atoms with Gasteiger partial charge in [-0.3, -0.25) is 4.98 Å². The van der Waals surface area contributed by atoms with E-state index in [1.807, 2.05) is 12.1 Å². The van der Waals surface area contributed by atoms with Crippen molar-refractivity contribution in [2.45, 2.75) is 26.4 Å². The summed E-state index contributed by atoms with van der Waals surface area (Å²) < 4.78 is 5.67. The summed E-state index contributed by atoms with van der Waals surface area (Å²) in [5, 5.41) is 3.41. The van der Waals surface area contributed by atoms with E-state index in [0.717, 1.165) is 25.3 Å². The smallest absolute Gasteiger partial charge is 0.138 e. The standard InChI is InChI=1S/C17H22N2O/c1-2-10-18-12-9-15-5-7-16(8-6-15)14-20-17-4-3-11-19-13-17/h3-8,11,13,18H,2,9-10,12,14H2,1H3. The zero-order valence-corrected chi connectivity index (χ0v) is 12.0. The summed E-state index contributed by atoms with van der Waals surface area (Å²) in [7, 11) is 0. The highest BCUT2D eigenvalue weighted by Crippen LogP contribution is 2.11. The molecule has 0 aliphatic heterocycles. The van der Waals surface area contributed by atoms with Crippen LogP contribution in [-0.4, -0.2) is 18.1 Å². The molecule has 106 valence electrons. The Morgan fingerprint density at radius 3 is 2.55 bits per heavy atom.